The number of rotatable bonds is 7. The summed E-state index contributed by atoms with van der Waals surface area (Å²) in [6.07, 6.45) is 6.60. The van der Waals surface area contributed by atoms with Gasteiger partial charge < -0.3 is 9.47 Å². The number of nitrogens with zero attached hydrogens (tertiary/aromatic N) is 1. The number of hydrogen-bond acceptors (Lipinski definition) is 4. The van der Waals surface area contributed by atoms with E-state index in [-0.39, 0.29) is 24.3 Å². The Kier molecular flexibility index (Phi) is 6.96. The molecule has 2 aromatic rings. The zero-order valence-corrected chi connectivity index (χ0v) is 17.0. The van der Waals surface area contributed by atoms with Crippen LogP contribution in [-0.4, -0.2) is 42.7 Å². The average molecular weight is 394 g/mol. The summed E-state index contributed by atoms with van der Waals surface area (Å²) in [4.78, 5) is 14.4. The molecule has 0 radical (unpaired) electrons. The minimum absolute atomic E-state index is 0.0544. The van der Waals surface area contributed by atoms with Crippen LogP contribution in [0.25, 0.3) is 0 Å². The molecule has 1 aliphatic heterocycles. The molecule has 29 heavy (non-hydrogen) atoms. The summed E-state index contributed by atoms with van der Waals surface area (Å²) in [6.45, 7) is 2.16. The molecule has 4 rings (SSSR count). The van der Waals surface area contributed by atoms with Crippen molar-refractivity contribution in [2.24, 2.45) is 0 Å². The standard InChI is InChI=1S/C25H31NO3/c27-24(28-22-13-7-8-14-22)19-26-17-15-23(16-18-26)29-25(20-9-3-1-4-10-20)21-11-5-2-6-12-21/h1-6,9-12,22-23,25H,7-8,13-19H2. The largest absolute Gasteiger partial charge is 0.461 e. The summed E-state index contributed by atoms with van der Waals surface area (Å²) in [6, 6.07) is 20.8. The first-order valence-electron chi connectivity index (χ1n) is 10.9. The van der Waals surface area contributed by atoms with Gasteiger partial charge in [0.1, 0.15) is 12.2 Å². The van der Waals surface area contributed by atoms with Gasteiger partial charge in [-0.05, 0) is 49.7 Å². The first-order chi connectivity index (χ1) is 14.3. The van der Waals surface area contributed by atoms with Gasteiger partial charge in [0.05, 0.1) is 12.6 Å². The van der Waals surface area contributed by atoms with Crippen molar-refractivity contribution in [2.75, 3.05) is 19.6 Å². The maximum absolute atomic E-state index is 12.2. The number of carbonyl (C=O) groups excluding carboxylic acids is 1. The first kappa shape index (κ1) is 20.1. The van der Waals surface area contributed by atoms with E-state index in [4.69, 9.17) is 9.47 Å². The van der Waals surface area contributed by atoms with Crippen molar-refractivity contribution in [1.82, 2.24) is 4.90 Å². The van der Waals surface area contributed by atoms with Crippen LogP contribution in [0.5, 0.6) is 0 Å². The molecule has 4 nitrogen and oxygen atoms in total. The predicted octanol–water partition coefficient (Wildman–Crippen LogP) is 4.74. The van der Waals surface area contributed by atoms with Gasteiger partial charge in [0.15, 0.2) is 0 Å². The van der Waals surface area contributed by atoms with Crippen molar-refractivity contribution in [2.45, 2.75) is 56.8 Å². The monoisotopic (exact) mass is 393 g/mol. The normalized spacial score (nSPS) is 18.9. The van der Waals surface area contributed by atoms with Crippen LogP contribution in [0.3, 0.4) is 0 Å². The molecule has 4 heteroatoms. The van der Waals surface area contributed by atoms with Gasteiger partial charge in [-0.25, -0.2) is 0 Å². The highest BCUT2D eigenvalue weighted by molar-refractivity contribution is 5.71. The quantitative estimate of drug-likeness (QED) is 0.637. The van der Waals surface area contributed by atoms with E-state index in [1.54, 1.807) is 0 Å². The summed E-state index contributed by atoms with van der Waals surface area (Å²) in [5, 5.41) is 0. The van der Waals surface area contributed by atoms with Gasteiger partial charge >= 0.3 is 5.97 Å². The Morgan fingerprint density at radius 3 is 1.93 bits per heavy atom. The van der Waals surface area contributed by atoms with Crippen LogP contribution in [0.4, 0.5) is 0 Å². The van der Waals surface area contributed by atoms with Crippen LogP contribution in [0.15, 0.2) is 60.7 Å². The third-order valence-corrected chi connectivity index (χ3v) is 6.02. The Balaban J connectivity index is 1.31. The van der Waals surface area contributed by atoms with E-state index in [9.17, 15) is 4.79 Å². The second-order valence-electron chi connectivity index (χ2n) is 8.21. The number of benzene rings is 2. The Morgan fingerprint density at radius 2 is 1.38 bits per heavy atom. The molecular formula is C25H31NO3. The summed E-state index contributed by atoms with van der Waals surface area (Å²) in [5.74, 6) is -0.0669. The number of carbonyl (C=O) groups is 1. The molecular weight excluding hydrogens is 362 g/mol. The lowest BCUT2D eigenvalue weighted by atomic mass is 10.00. The number of likely N-dealkylation sites (tertiary alicyclic amines) is 1. The third-order valence-electron chi connectivity index (χ3n) is 6.02. The first-order valence-corrected chi connectivity index (χ1v) is 10.9. The van der Waals surface area contributed by atoms with Crippen molar-refractivity contribution in [3.05, 3.63) is 71.8 Å². The molecule has 0 aromatic heterocycles. The van der Waals surface area contributed by atoms with E-state index < -0.39 is 0 Å². The lowest BCUT2D eigenvalue weighted by molar-refractivity contribution is -0.150. The van der Waals surface area contributed by atoms with Gasteiger partial charge in [-0.3, -0.25) is 9.69 Å². The van der Waals surface area contributed by atoms with Gasteiger partial charge in [-0.1, -0.05) is 60.7 Å². The zero-order chi connectivity index (χ0) is 19.9. The van der Waals surface area contributed by atoms with Crippen molar-refractivity contribution in [3.63, 3.8) is 0 Å². The van der Waals surface area contributed by atoms with E-state index in [0.29, 0.717) is 6.54 Å². The van der Waals surface area contributed by atoms with Crippen LogP contribution in [-0.2, 0) is 14.3 Å². The van der Waals surface area contributed by atoms with Crippen LogP contribution in [0.2, 0.25) is 0 Å². The second kappa shape index (κ2) is 10.0. The highest BCUT2D eigenvalue weighted by Crippen LogP contribution is 2.30. The van der Waals surface area contributed by atoms with E-state index in [2.05, 4.69) is 53.4 Å². The third kappa shape index (κ3) is 5.68. The zero-order valence-electron chi connectivity index (χ0n) is 17.0. The molecule has 0 N–H and O–H groups in total. The Bertz CT molecular complexity index is 711. The maximum atomic E-state index is 12.2. The van der Waals surface area contributed by atoms with E-state index in [0.717, 1.165) is 38.8 Å². The SMILES string of the molecule is O=C(CN1CCC(OC(c2ccccc2)c2ccccc2)CC1)OC1CCCC1. The summed E-state index contributed by atoms with van der Waals surface area (Å²) in [7, 11) is 0. The Hall–Kier alpha value is -2.17. The molecule has 0 amide bonds. The number of piperidine rings is 1. The number of esters is 1. The summed E-state index contributed by atoms with van der Waals surface area (Å²) in [5.41, 5.74) is 2.36. The molecule has 2 fully saturated rings. The fraction of sp³-hybridized carbons (Fsp3) is 0.480. The van der Waals surface area contributed by atoms with E-state index in [1.807, 2.05) is 12.1 Å². The van der Waals surface area contributed by atoms with E-state index in [1.165, 1.54) is 24.0 Å². The lowest BCUT2D eigenvalue weighted by Crippen LogP contribution is -2.41. The smallest absolute Gasteiger partial charge is 0.320 e. The minimum Gasteiger partial charge on any atom is -0.461 e. The van der Waals surface area contributed by atoms with Crippen LogP contribution in [0, 0.1) is 0 Å². The van der Waals surface area contributed by atoms with Gasteiger partial charge in [0.2, 0.25) is 0 Å². The lowest BCUT2D eigenvalue weighted by Gasteiger charge is -2.33. The fourth-order valence-electron chi connectivity index (χ4n) is 4.41. The number of ether oxygens (including phenoxy) is 2. The van der Waals surface area contributed by atoms with Gasteiger partial charge in [0, 0.05) is 13.1 Å². The Labute approximate surface area is 173 Å². The second-order valence-corrected chi connectivity index (χ2v) is 8.21. The van der Waals surface area contributed by atoms with Gasteiger partial charge in [-0.2, -0.15) is 0 Å². The van der Waals surface area contributed by atoms with Crippen molar-refractivity contribution >= 4 is 5.97 Å². The highest BCUT2D eigenvalue weighted by atomic mass is 16.5. The Morgan fingerprint density at radius 1 is 0.828 bits per heavy atom. The summed E-state index contributed by atoms with van der Waals surface area (Å²) >= 11 is 0. The van der Waals surface area contributed by atoms with Gasteiger partial charge in [-0.15, -0.1) is 0 Å². The minimum atomic E-state index is -0.0669. The predicted molar refractivity (Wildman–Crippen MR) is 114 cm³/mol. The van der Waals surface area contributed by atoms with Crippen molar-refractivity contribution < 1.29 is 14.3 Å². The van der Waals surface area contributed by atoms with Crippen molar-refractivity contribution in [1.29, 1.82) is 0 Å². The molecule has 0 bridgehead atoms. The average Bonchev–Trinajstić information content (AvgIpc) is 3.27. The fourth-order valence-corrected chi connectivity index (χ4v) is 4.41. The van der Waals surface area contributed by atoms with Crippen LogP contribution < -0.4 is 0 Å². The number of hydrogen-bond donors (Lipinski definition) is 0. The van der Waals surface area contributed by atoms with Crippen molar-refractivity contribution in [3.8, 4) is 0 Å². The highest BCUT2D eigenvalue weighted by Gasteiger charge is 2.27. The topological polar surface area (TPSA) is 38.8 Å². The molecule has 154 valence electrons. The summed E-state index contributed by atoms with van der Waals surface area (Å²) < 4.78 is 12.2. The molecule has 0 spiro atoms. The maximum Gasteiger partial charge on any atom is 0.320 e. The molecule has 0 unspecified atom stereocenters. The van der Waals surface area contributed by atoms with Gasteiger partial charge in [0.25, 0.3) is 0 Å². The van der Waals surface area contributed by atoms with Crippen LogP contribution in [0.1, 0.15) is 55.8 Å². The molecule has 1 aliphatic carbocycles. The molecule has 1 saturated carbocycles. The van der Waals surface area contributed by atoms with E-state index >= 15 is 0 Å². The molecule has 1 saturated heterocycles. The van der Waals surface area contributed by atoms with Crippen LogP contribution >= 0.6 is 0 Å². The molecule has 0 atom stereocenters. The molecule has 2 aromatic carbocycles. The molecule has 1 heterocycles. The molecule has 2 aliphatic rings.